The minimum atomic E-state index is 0.436. The number of piperidine rings is 1. The highest BCUT2D eigenvalue weighted by Crippen LogP contribution is 2.27. The summed E-state index contributed by atoms with van der Waals surface area (Å²) >= 11 is 5.01. The lowest BCUT2D eigenvalue weighted by atomic mass is 9.92. The zero-order chi connectivity index (χ0) is 12.4. The Labute approximate surface area is 108 Å². The monoisotopic (exact) mass is 249 g/mol. The Hall–Kier alpha value is -1.16. The predicted molar refractivity (Wildman–Crippen MR) is 75.3 cm³/mol. The first kappa shape index (κ1) is 12.3. The second-order valence-corrected chi connectivity index (χ2v) is 5.26. The van der Waals surface area contributed by atoms with Gasteiger partial charge in [0.15, 0.2) is 0 Å². The maximum absolute atomic E-state index is 5.66. The number of hydrogen-bond donors (Lipinski definition) is 1. The Morgan fingerprint density at radius 3 is 3.00 bits per heavy atom. The zero-order valence-corrected chi connectivity index (χ0v) is 11.2. The van der Waals surface area contributed by atoms with E-state index >= 15 is 0 Å². The van der Waals surface area contributed by atoms with E-state index in [1.165, 1.54) is 12.8 Å². The lowest BCUT2D eigenvalue weighted by Crippen LogP contribution is -2.43. The van der Waals surface area contributed by atoms with Gasteiger partial charge in [0.05, 0.1) is 0 Å². The van der Waals surface area contributed by atoms with Crippen molar-refractivity contribution in [1.82, 2.24) is 4.98 Å². The molecule has 1 fully saturated rings. The molecular formula is C13H19N3S. The van der Waals surface area contributed by atoms with Gasteiger partial charge < -0.3 is 10.6 Å². The molecule has 17 heavy (non-hydrogen) atoms. The van der Waals surface area contributed by atoms with Crippen LogP contribution in [0.15, 0.2) is 18.3 Å². The van der Waals surface area contributed by atoms with Crippen molar-refractivity contribution in [3.05, 3.63) is 23.9 Å². The number of nitrogens with zero attached hydrogens (tertiary/aromatic N) is 2. The molecule has 2 N–H and O–H groups in total. The molecule has 1 aromatic rings. The van der Waals surface area contributed by atoms with Crippen LogP contribution in [0.25, 0.3) is 0 Å². The van der Waals surface area contributed by atoms with Gasteiger partial charge in [0, 0.05) is 24.3 Å². The molecule has 0 saturated carbocycles. The zero-order valence-electron chi connectivity index (χ0n) is 10.4. The van der Waals surface area contributed by atoms with Crippen molar-refractivity contribution < 1.29 is 0 Å². The van der Waals surface area contributed by atoms with Gasteiger partial charge in [-0.15, -0.1) is 0 Å². The normalized spacial score (nSPS) is 24.7. The Balaban J connectivity index is 2.26. The molecule has 3 nitrogen and oxygen atoms in total. The maximum atomic E-state index is 5.66. The summed E-state index contributed by atoms with van der Waals surface area (Å²) in [6, 6.07) is 4.39. The van der Waals surface area contributed by atoms with Crippen molar-refractivity contribution in [2.45, 2.75) is 32.7 Å². The number of hydrogen-bond acceptors (Lipinski definition) is 3. The van der Waals surface area contributed by atoms with E-state index in [4.69, 9.17) is 18.0 Å². The SMILES string of the molecule is CC1CCCN(c2cc(C(N)=S)ccn2)C1C. The van der Waals surface area contributed by atoms with Gasteiger partial charge in [-0.05, 0) is 37.8 Å². The molecule has 2 heterocycles. The summed E-state index contributed by atoms with van der Waals surface area (Å²) in [5.74, 6) is 1.70. The van der Waals surface area contributed by atoms with E-state index in [1.54, 1.807) is 6.20 Å². The molecule has 1 aromatic heterocycles. The minimum absolute atomic E-state index is 0.436. The first-order valence-corrected chi connectivity index (χ1v) is 6.53. The molecule has 0 aromatic carbocycles. The molecular weight excluding hydrogens is 230 g/mol. The van der Waals surface area contributed by atoms with Crippen molar-refractivity contribution >= 4 is 23.0 Å². The fourth-order valence-corrected chi connectivity index (χ4v) is 2.51. The first-order valence-electron chi connectivity index (χ1n) is 6.12. The summed E-state index contributed by atoms with van der Waals surface area (Å²) in [7, 11) is 0. The Bertz CT molecular complexity index is 419. The van der Waals surface area contributed by atoms with E-state index < -0.39 is 0 Å². The maximum Gasteiger partial charge on any atom is 0.129 e. The average Bonchev–Trinajstić information content (AvgIpc) is 2.33. The van der Waals surface area contributed by atoms with Crippen molar-refractivity contribution in [3.8, 4) is 0 Å². The highest BCUT2D eigenvalue weighted by atomic mass is 32.1. The quantitative estimate of drug-likeness (QED) is 0.817. The fourth-order valence-electron chi connectivity index (χ4n) is 2.39. The summed E-state index contributed by atoms with van der Waals surface area (Å²) in [5, 5.41) is 0. The van der Waals surface area contributed by atoms with Crippen molar-refractivity contribution in [1.29, 1.82) is 0 Å². The van der Waals surface area contributed by atoms with E-state index in [1.807, 2.05) is 12.1 Å². The molecule has 2 unspecified atom stereocenters. The van der Waals surface area contributed by atoms with Gasteiger partial charge in [0.1, 0.15) is 10.8 Å². The van der Waals surface area contributed by atoms with Crippen molar-refractivity contribution in [2.24, 2.45) is 11.7 Å². The van der Waals surface area contributed by atoms with E-state index in [0.29, 0.717) is 16.9 Å². The molecule has 2 atom stereocenters. The summed E-state index contributed by atoms with van der Waals surface area (Å²) in [4.78, 5) is 7.23. The van der Waals surface area contributed by atoms with Gasteiger partial charge in [0.25, 0.3) is 0 Å². The van der Waals surface area contributed by atoms with E-state index in [0.717, 1.165) is 17.9 Å². The Morgan fingerprint density at radius 1 is 1.53 bits per heavy atom. The lowest BCUT2D eigenvalue weighted by Gasteiger charge is -2.38. The van der Waals surface area contributed by atoms with Gasteiger partial charge >= 0.3 is 0 Å². The molecule has 1 aliphatic heterocycles. The van der Waals surface area contributed by atoms with Crippen LogP contribution in [-0.4, -0.2) is 22.6 Å². The number of rotatable bonds is 2. The molecule has 1 saturated heterocycles. The van der Waals surface area contributed by atoms with E-state index in [9.17, 15) is 0 Å². The van der Waals surface area contributed by atoms with E-state index in [2.05, 4.69) is 23.7 Å². The number of nitrogens with two attached hydrogens (primary N) is 1. The largest absolute Gasteiger partial charge is 0.389 e. The van der Waals surface area contributed by atoms with E-state index in [-0.39, 0.29) is 0 Å². The van der Waals surface area contributed by atoms with Gasteiger partial charge in [-0.3, -0.25) is 0 Å². The van der Waals surface area contributed by atoms with Crippen LogP contribution in [0.4, 0.5) is 5.82 Å². The second kappa shape index (κ2) is 5.00. The average molecular weight is 249 g/mol. The van der Waals surface area contributed by atoms with Gasteiger partial charge in [0.2, 0.25) is 0 Å². The summed E-state index contributed by atoms with van der Waals surface area (Å²) < 4.78 is 0. The van der Waals surface area contributed by atoms with Crippen LogP contribution in [0.3, 0.4) is 0 Å². The molecule has 1 aliphatic rings. The highest BCUT2D eigenvalue weighted by molar-refractivity contribution is 7.80. The van der Waals surface area contributed by atoms with Crippen LogP contribution in [-0.2, 0) is 0 Å². The topological polar surface area (TPSA) is 42.1 Å². The van der Waals surface area contributed by atoms with Crippen LogP contribution >= 0.6 is 12.2 Å². The third-order valence-corrected chi connectivity index (χ3v) is 3.93. The fraction of sp³-hybridized carbons (Fsp3) is 0.538. The molecule has 2 rings (SSSR count). The molecule has 0 radical (unpaired) electrons. The second-order valence-electron chi connectivity index (χ2n) is 4.82. The van der Waals surface area contributed by atoms with Crippen LogP contribution in [0.2, 0.25) is 0 Å². The number of pyridine rings is 1. The highest BCUT2D eigenvalue weighted by Gasteiger charge is 2.25. The molecule has 92 valence electrons. The van der Waals surface area contributed by atoms with Crippen LogP contribution in [0.5, 0.6) is 0 Å². The lowest BCUT2D eigenvalue weighted by molar-refractivity contribution is 0.361. The molecule has 0 aliphatic carbocycles. The summed E-state index contributed by atoms with van der Waals surface area (Å²) in [6.07, 6.45) is 4.31. The smallest absolute Gasteiger partial charge is 0.129 e. The number of aromatic nitrogens is 1. The van der Waals surface area contributed by atoms with Gasteiger partial charge in [-0.25, -0.2) is 4.98 Å². The minimum Gasteiger partial charge on any atom is -0.389 e. The van der Waals surface area contributed by atoms with Gasteiger partial charge in [-0.2, -0.15) is 0 Å². The van der Waals surface area contributed by atoms with Crippen molar-refractivity contribution in [3.63, 3.8) is 0 Å². The third-order valence-electron chi connectivity index (χ3n) is 3.70. The third kappa shape index (κ3) is 2.57. The summed E-state index contributed by atoms with van der Waals surface area (Å²) in [6.45, 7) is 5.63. The Morgan fingerprint density at radius 2 is 2.29 bits per heavy atom. The molecule has 0 bridgehead atoms. The number of anilines is 1. The number of thiocarbonyl (C=S) groups is 1. The molecule has 4 heteroatoms. The molecule has 0 amide bonds. The van der Waals surface area contributed by atoms with Crippen LogP contribution < -0.4 is 10.6 Å². The van der Waals surface area contributed by atoms with Crippen LogP contribution in [0.1, 0.15) is 32.3 Å². The summed E-state index contributed by atoms with van der Waals surface area (Å²) in [5.41, 5.74) is 6.56. The predicted octanol–water partition coefficient (Wildman–Crippen LogP) is 2.34. The van der Waals surface area contributed by atoms with Gasteiger partial charge in [-0.1, -0.05) is 19.1 Å². The standard InChI is InChI=1S/C13H19N3S/c1-9-4-3-7-16(10(9)2)12-8-11(13(14)17)5-6-15-12/h5-6,8-10H,3-4,7H2,1-2H3,(H2,14,17). The van der Waals surface area contributed by atoms with Crippen molar-refractivity contribution in [2.75, 3.05) is 11.4 Å². The first-order chi connectivity index (χ1) is 8.09. The van der Waals surface area contributed by atoms with Crippen LogP contribution in [0, 0.1) is 5.92 Å². The molecule has 0 spiro atoms. The Kier molecular flexibility index (Phi) is 3.62.